The Morgan fingerprint density at radius 2 is 1.96 bits per heavy atom. The molecule has 1 fully saturated rings. The summed E-state index contributed by atoms with van der Waals surface area (Å²) in [6.07, 6.45) is 5.84. The van der Waals surface area contributed by atoms with E-state index in [1.165, 1.54) is 6.07 Å². The summed E-state index contributed by atoms with van der Waals surface area (Å²) >= 11 is 5.98. The number of nitrogens with two attached hydrogens (primary N) is 1. The molecule has 3 aliphatic rings. The van der Waals surface area contributed by atoms with Crippen molar-refractivity contribution in [1.29, 1.82) is 0 Å². The van der Waals surface area contributed by atoms with E-state index < -0.39 is 31.1 Å². The fourth-order valence-electron chi connectivity index (χ4n) is 3.92. The Balaban J connectivity index is 1.76. The van der Waals surface area contributed by atoms with E-state index in [1.807, 2.05) is 0 Å². The van der Waals surface area contributed by atoms with Crippen LogP contribution in [0.25, 0.3) is 0 Å². The Kier molecular flexibility index (Phi) is 3.53. The summed E-state index contributed by atoms with van der Waals surface area (Å²) in [6.45, 7) is 0. The molecule has 0 amide bonds. The van der Waals surface area contributed by atoms with E-state index in [0.717, 1.165) is 18.9 Å². The minimum Gasteiger partial charge on any atom is -0.368 e. The van der Waals surface area contributed by atoms with Gasteiger partial charge < -0.3 is 5.32 Å². The van der Waals surface area contributed by atoms with Crippen molar-refractivity contribution in [2.45, 2.75) is 28.8 Å². The van der Waals surface area contributed by atoms with Gasteiger partial charge in [-0.25, -0.2) is 22.0 Å². The quantitative estimate of drug-likeness (QED) is 0.657. The topological polar surface area (TPSA) is 118 Å². The summed E-state index contributed by atoms with van der Waals surface area (Å²) in [6, 6.07) is 2.31. The Bertz CT molecular complexity index is 958. The number of halogens is 1. The summed E-state index contributed by atoms with van der Waals surface area (Å²) in [4.78, 5) is -0.567. The molecule has 1 saturated carbocycles. The van der Waals surface area contributed by atoms with Crippen molar-refractivity contribution in [3.05, 3.63) is 29.3 Å². The van der Waals surface area contributed by atoms with Crippen molar-refractivity contribution in [2.24, 2.45) is 22.9 Å². The Morgan fingerprint density at radius 1 is 1.21 bits per heavy atom. The molecule has 0 aromatic heterocycles. The van der Waals surface area contributed by atoms with Crippen LogP contribution in [0.15, 0.2) is 34.1 Å². The van der Waals surface area contributed by atoms with Gasteiger partial charge in [0.25, 0.3) is 0 Å². The van der Waals surface area contributed by atoms with Gasteiger partial charge in [-0.3, -0.25) is 0 Å². The van der Waals surface area contributed by atoms with Crippen LogP contribution in [0.5, 0.6) is 0 Å². The van der Waals surface area contributed by atoms with Crippen molar-refractivity contribution in [3.8, 4) is 0 Å². The highest BCUT2D eigenvalue weighted by Crippen LogP contribution is 2.46. The molecule has 0 unspecified atom stereocenters. The van der Waals surface area contributed by atoms with Crippen LogP contribution in [0.4, 0.5) is 5.69 Å². The van der Waals surface area contributed by atoms with E-state index in [0.29, 0.717) is 17.5 Å². The van der Waals surface area contributed by atoms with Crippen LogP contribution in [0.1, 0.15) is 12.8 Å². The highest BCUT2D eigenvalue weighted by Gasteiger charge is 2.44. The molecule has 24 heavy (non-hydrogen) atoms. The number of allylic oxidation sites excluding steroid dienone is 2. The van der Waals surface area contributed by atoms with Gasteiger partial charge in [-0.2, -0.15) is 4.72 Å². The lowest BCUT2D eigenvalue weighted by Gasteiger charge is -2.35. The number of fused-ring (bicyclic) bond motifs is 3. The lowest BCUT2D eigenvalue weighted by atomic mass is 9.91. The number of anilines is 1. The predicted molar refractivity (Wildman–Crippen MR) is 89.4 cm³/mol. The average molecular weight is 390 g/mol. The first-order chi connectivity index (χ1) is 11.1. The summed E-state index contributed by atoms with van der Waals surface area (Å²) in [5, 5.41) is 8.14. The van der Waals surface area contributed by atoms with Gasteiger partial charge in [0.2, 0.25) is 20.0 Å². The number of nitrogens with one attached hydrogen (secondary N) is 2. The molecule has 1 aliphatic heterocycles. The van der Waals surface area contributed by atoms with Crippen LogP contribution in [0.3, 0.4) is 0 Å². The molecule has 7 nitrogen and oxygen atoms in total. The van der Waals surface area contributed by atoms with E-state index in [9.17, 15) is 16.8 Å². The van der Waals surface area contributed by atoms with Crippen molar-refractivity contribution in [2.75, 3.05) is 5.32 Å². The molecular weight excluding hydrogens is 374 g/mol. The summed E-state index contributed by atoms with van der Waals surface area (Å²) < 4.78 is 50.9. The third-order valence-electron chi connectivity index (χ3n) is 4.98. The molecule has 4 atom stereocenters. The molecule has 4 N–H and O–H groups in total. The molecule has 1 heterocycles. The molecule has 130 valence electrons. The van der Waals surface area contributed by atoms with E-state index in [2.05, 4.69) is 22.2 Å². The zero-order valence-electron chi connectivity index (χ0n) is 12.4. The normalized spacial score (nSPS) is 33.2. The number of sulfonamides is 2. The van der Waals surface area contributed by atoms with Crippen molar-refractivity contribution < 1.29 is 16.8 Å². The van der Waals surface area contributed by atoms with Crippen LogP contribution in [0.2, 0.25) is 5.02 Å². The molecule has 2 aliphatic carbocycles. The molecule has 0 saturated heterocycles. The van der Waals surface area contributed by atoms with Gasteiger partial charge in [0.05, 0.1) is 16.9 Å². The first kappa shape index (κ1) is 16.3. The molecule has 0 radical (unpaired) electrons. The van der Waals surface area contributed by atoms with Crippen LogP contribution in [-0.2, 0) is 20.0 Å². The summed E-state index contributed by atoms with van der Waals surface area (Å²) in [5.74, 6) is 0.997. The Morgan fingerprint density at radius 3 is 2.54 bits per heavy atom. The maximum absolute atomic E-state index is 12.6. The molecule has 1 aromatic rings. The molecule has 2 bridgehead atoms. The van der Waals surface area contributed by atoms with E-state index >= 15 is 0 Å². The SMILES string of the molecule is NS(=O)(=O)c1cc2c(cc1Cl)N[C@H]([C@@H]1C[C@H]3C=C[C@@H]1C3)NS2(=O)=O. The van der Waals surface area contributed by atoms with E-state index in [4.69, 9.17) is 16.7 Å². The zero-order chi connectivity index (χ0) is 17.3. The number of benzene rings is 1. The minimum absolute atomic E-state index is 0.104. The number of rotatable bonds is 2. The predicted octanol–water partition coefficient (Wildman–Crippen LogP) is 1.23. The molecule has 4 rings (SSSR count). The van der Waals surface area contributed by atoms with Gasteiger partial charge in [0, 0.05) is 5.92 Å². The van der Waals surface area contributed by atoms with E-state index in [1.54, 1.807) is 0 Å². The molecular formula is C14H16ClN3O4S2. The largest absolute Gasteiger partial charge is 0.368 e. The first-order valence-electron chi connectivity index (χ1n) is 7.49. The van der Waals surface area contributed by atoms with Gasteiger partial charge in [0.15, 0.2) is 0 Å². The minimum atomic E-state index is -4.11. The average Bonchev–Trinajstić information content (AvgIpc) is 3.06. The van der Waals surface area contributed by atoms with Crippen LogP contribution < -0.4 is 15.2 Å². The van der Waals surface area contributed by atoms with Crippen molar-refractivity contribution in [3.63, 3.8) is 0 Å². The summed E-state index contributed by atoms with van der Waals surface area (Å²) in [5.41, 5.74) is 0.294. The maximum Gasteiger partial charge on any atom is 0.244 e. The van der Waals surface area contributed by atoms with Gasteiger partial charge in [-0.1, -0.05) is 23.8 Å². The second-order valence-corrected chi connectivity index (χ2v) is 10.1. The van der Waals surface area contributed by atoms with Crippen molar-refractivity contribution in [1.82, 2.24) is 4.72 Å². The lowest BCUT2D eigenvalue weighted by molar-refractivity contribution is 0.363. The Labute approximate surface area is 145 Å². The molecule has 10 heteroatoms. The van der Waals surface area contributed by atoms with E-state index in [-0.39, 0.29) is 15.8 Å². The molecule has 0 spiro atoms. The van der Waals surface area contributed by atoms with Gasteiger partial charge in [-0.05, 0) is 36.8 Å². The number of hydrogen-bond donors (Lipinski definition) is 3. The Hall–Kier alpha value is -1.13. The van der Waals surface area contributed by atoms with Gasteiger partial charge >= 0.3 is 0 Å². The highest BCUT2D eigenvalue weighted by molar-refractivity contribution is 7.90. The monoisotopic (exact) mass is 389 g/mol. The van der Waals surface area contributed by atoms with Crippen LogP contribution in [-0.4, -0.2) is 23.0 Å². The highest BCUT2D eigenvalue weighted by atomic mass is 35.5. The fraction of sp³-hybridized carbons (Fsp3) is 0.429. The summed E-state index contributed by atoms with van der Waals surface area (Å²) in [7, 11) is -7.97. The van der Waals surface area contributed by atoms with Gasteiger partial charge in [-0.15, -0.1) is 0 Å². The lowest BCUT2D eigenvalue weighted by Crippen LogP contribution is -2.50. The first-order valence-corrected chi connectivity index (χ1v) is 10.9. The second kappa shape index (κ2) is 5.18. The van der Waals surface area contributed by atoms with Crippen LogP contribution >= 0.6 is 11.6 Å². The zero-order valence-corrected chi connectivity index (χ0v) is 14.8. The van der Waals surface area contributed by atoms with Crippen molar-refractivity contribution >= 4 is 37.3 Å². The maximum atomic E-state index is 12.6. The third kappa shape index (κ3) is 2.55. The number of hydrogen-bond acceptors (Lipinski definition) is 5. The number of primary sulfonamides is 1. The fourth-order valence-corrected chi connectivity index (χ4v) is 6.47. The van der Waals surface area contributed by atoms with Crippen LogP contribution in [0, 0.1) is 17.8 Å². The van der Waals surface area contributed by atoms with Gasteiger partial charge in [0.1, 0.15) is 9.79 Å². The third-order valence-corrected chi connectivity index (χ3v) is 7.84. The second-order valence-electron chi connectivity index (χ2n) is 6.51. The standard InChI is InChI=1S/C14H16ClN3O4S2/c15-10-5-11-13(6-12(10)23(16,19)20)24(21,22)18-14(17-11)9-4-7-1-2-8(9)3-7/h1-2,5-9,14,17-18H,3-4H2,(H2,16,19,20)/t7-,8+,9+,14-/m0/s1. The smallest absolute Gasteiger partial charge is 0.244 e. The molecule has 1 aromatic carbocycles.